The first-order chi connectivity index (χ1) is 7.27. The van der Waals surface area contributed by atoms with Gasteiger partial charge in [0.2, 0.25) is 0 Å². The molecule has 0 heterocycles. The predicted molar refractivity (Wildman–Crippen MR) is 61.1 cm³/mol. The summed E-state index contributed by atoms with van der Waals surface area (Å²) >= 11 is 1.71. The van der Waals surface area contributed by atoms with E-state index in [0.717, 1.165) is 19.3 Å². The monoisotopic (exact) mass is 222 g/mol. The van der Waals surface area contributed by atoms with Gasteiger partial charge < -0.3 is 5.11 Å². The summed E-state index contributed by atoms with van der Waals surface area (Å²) in [7, 11) is 0. The summed E-state index contributed by atoms with van der Waals surface area (Å²) in [6.45, 7) is 0. The summed E-state index contributed by atoms with van der Waals surface area (Å²) in [4.78, 5) is 12.2. The zero-order chi connectivity index (χ0) is 10.7. The number of carboxylic acid groups (broad SMARTS) is 1. The molecule has 0 spiro atoms. The zero-order valence-electron chi connectivity index (χ0n) is 8.43. The first kappa shape index (κ1) is 10.6. The lowest BCUT2D eigenvalue weighted by Gasteiger charge is -2.14. The standard InChI is InChI=1S/C12H14O2S/c13-12(14)10-7-4-8-11(10)15-9-5-2-1-3-6-9/h1-3,5-6,10-11H,4,7-8H2,(H,13,14). The Kier molecular flexibility index (Phi) is 3.31. The highest BCUT2D eigenvalue weighted by Crippen LogP contribution is 2.38. The van der Waals surface area contributed by atoms with Gasteiger partial charge in [0.25, 0.3) is 0 Å². The van der Waals surface area contributed by atoms with Gasteiger partial charge in [-0.3, -0.25) is 4.79 Å². The molecule has 1 aliphatic carbocycles. The first-order valence-corrected chi connectivity index (χ1v) is 6.10. The van der Waals surface area contributed by atoms with Crippen LogP contribution in [0.1, 0.15) is 19.3 Å². The number of thioether (sulfide) groups is 1. The predicted octanol–water partition coefficient (Wildman–Crippen LogP) is 3.03. The van der Waals surface area contributed by atoms with Crippen LogP contribution in [-0.2, 0) is 4.79 Å². The Balaban J connectivity index is 2.03. The van der Waals surface area contributed by atoms with Gasteiger partial charge in [0, 0.05) is 10.1 Å². The van der Waals surface area contributed by atoms with Crippen molar-refractivity contribution in [1.29, 1.82) is 0 Å². The van der Waals surface area contributed by atoms with E-state index in [4.69, 9.17) is 5.11 Å². The average Bonchev–Trinajstić information content (AvgIpc) is 2.67. The van der Waals surface area contributed by atoms with Crippen LogP contribution in [-0.4, -0.2) is 16.3 Å². The summed E-state index contributed by atoms with van der Waals surface area (Å²) in [6.07, 6.45) is 2.90. The first-order valence-electron chi connectivity index (χ1n) is 5.22. The fraction of sp³-hybridized carbons (Fsp3) is 0.417. The van der Waals surface area contributed by atoms with Crippen molar-refractivity contribution in [3.8, 4) is 0 Å². The number of rotatable bonds is 3. The summed E-state index contributed by atoms with van der Waals surface area (Å²) in [5.74, 6) is -0.795. The lowest BCUT2D eigenvalue weighted by molar-refractivity contribution is -0.141. The molecular weight excluding hydrogens is 208 g/mol. The SMILES string of the molecule is O=C(O)C1CCCC1Sc1ccccc1. The molecule has 0 amide bonds. The number of hydrogen-bond donors (Lipinski definition) is 1. The Hall–Kier alpha value is -0.960. The minimum absolute atomic E-state index is 0.157. The van der Waals surface area contributed by atoms with Gasteiger partial charge in [0.15, 0.2) is 0 Å². The van der Waals surface area contributed by atoms with E-state index in [1.165, 1.54) is 4.90 Å². The molecule has 80 valence electrons. The second-order valence-electron chi connectivity index (χ2n) is 3.84. The smallest absolute Gasteiger partial charge is 0.307 e. The van der Waals surface area contributed by atoms with Gasteiger partial charge in [-0.2, -0.15) is 0 Å². The van der Waals surface area contributed by atoms with Crippen molar-refractivity contribution in [3.63, 3.8) is 0 Å². The molecule has 1 saturated carbocycles. The van der Waals surface area contributed by atoms with E-state index in [2.05, 4.69) is 0 Å². The van der Waals surface area contributed by atoms with E-state index >= 15 is 0 Å². The molecule has 1 fully saturated rings. The van der Waals surface area contributed by atoms with Crippen LogP contribution in [0.2, 0.25) is 0 Å². The molecule has 0 bridgehead atoms. The summed E-state index contributed by atoms with van der Waals surface area (Å²) in [5, 5.41) is 9.30. The van der Waals surface area contributed by atoms with Crippen molar-refractivity contribution in [1.82, 2.24) is 0 Å². The van der Waals surface area contributed by atoms with E-state index in [9.17, 15) is 4.79 Å². The molecule has 3 heteroatoms. The Morgan fingerprint density at radius 3 is 2.67 bits per heavy atom. The van der Waals surface area contributed by atoms with E-state index < -0.39 is 5.97 Å². The van der Waals surface area contributed by atoms with Gasteiger partial charge in [0.05, 0.1) is 5.92 Å². The number of aliphatic carboxylic acids is 1. The van der Waals surface area contributed by atoms with E-state index in [0.29, 0.717) is 0 Å². The molecule has 15 heavy (non-hydrogen) atoms. The van der Waals surface area contributed by atoms with Crippen molar-refractivity contribution in [2.75, 3.05) is 0 Å². The highest BCUT2D eigenvalue weighted by atomic mass is 32.2. The third-order valence-corrected chi connectivity index (χ3v) is 4.21. The van der Waals surface area contributed by atoms with Crippen molar-refractivity contribution < 1.29 is 9.90 Å². The van der Waals surface area contributed by atoms with Crippen LogP contribution in [0.3, 0.4) is 0 Å². The van der Waals surface area contributed by atoms with E-state index in [1.54, 1.807) is 11.8 Å². The van der Waals surface area contributed by atoms with E-state index in [1.807, 2.05) is 30.3 Å². The summed E-state index contributed by atoms with van der Waals surface area (Å²) in [6, 6.07) is 10.1. The van der Waals surface area contributed by atoms with Gasteiger partial charge >= 0.3 is 5.97 Å². The summed E-state index contributed by atoms with van der Waals surface area (Å²) in [5.41, 5.74) is 0. The maximum absolute atomic E-state index is 11.0. The van der Waals surface area contributed by atoms with Crippen LogP contribution in [0.15, 0.2) is 35.2 Å². The van der Waals surface area contributed by atoms with Gasteiger partial charge in [-0.25, -0.2) is 0 Å². The Morgan fingerprint density at radius 1 is 1.27 bits per heavy atom. The Labute approximate surface area is 93.7 Å². The highest BCUT2D eigenvalue weighted by molar-refractivity contribution is 8.00. The second kappa shape index (κ2) is 4.71. The number of carbonyl (C=O) groups is 1. The van der Waals surface area contributed by atoms with Crippen molar-refractivity contribution in [2.45, 2.75) is 29.4 Å². The fourth-order valence-corrected chi connectivity index (χ4v) is 3.39. The summed E-state index contributed by atoms with van der Waals surface area (Å²) < 4.78 is 0. The third-order valence-electron chi connectivity index (χ3n) is 2.80. The molecule has 0 aliphatic heterocycles. The molecule has 2 unspecified atom stereocenters. The van der Waals surface area contributed by atoms with Crippen LogP contribution in [0.4, 0.5) is 0 Å². The maximum atomic E-state index is 11.0. The van der Waals surface area contributed by atoms with Gasteiger partial charge in [-0.05, 0) is 25.0 Å². The normalized spacial score (nSPS) is 25.3. The zero-order valence-corrected chi connectivity index (χ0v) is 9.24. The number of hydrogen-bond acceptors (Lipinski definition) is 2. The third kappa shape index (κ3) is 2.53. The molecule has 0 aromatic heterocycles. The maximum Gasteiger partial charge on any atom is 0.307 e. The minimum Gasteiger partial charge on any atom is -0.481 e. The van der Waals surface area contributed by atoms with Crippen LogP contribution in [0.25, 0.3) is 0 Å². The number of carboxylic acids is 1. The highest BCUT2D eigenvalue weighted by Gasteiger charge is 2.33. The Bertz CT molecular complexity index is 337. The van der Waals surface area contributed by atoms with Gasteiger partial charge in [-0.1, -0.05) is 24.6 Å². The van der Waals surface area contributed by atoms with Crippen molar-refractivity contribution >= 4 is 17.7 Å². The second-order valence-corrected chi connectivity index (χ2v) is 5.16. The minimum atomic E-state index is -0.638. The molecule has 2 rings (SSSR count). The number of benzene rings is 1. The van der Waals surface area contributed by atoms with Crippen LogP contribution in [0.5, 0.6) is 0 Å². The quantitative estimate of drug-likeness (QED) is 0.854. The van der Waals surface area contributed by atoms with Crippen LogP contribution >= 0.6 is 11.8 Å². The van der Waals surface area contributed by atoms with Crippen molar-refractivity contribution in [2.24, 2.45) is 5.92 Å². The van der Waals surface area contributed by atoms with Crippen LogP contribution < -0.4 is 0 Å². The Morgan fingerprint density at radius 2 is 2.00 bits per heavy atom. The average molecular weight is 222 g/mol. The lowest BCUT2D eigenvalue weighted by atomic mass is 10.1. The lowest BCUT2D eigenvalue weighted by Crippen LogP contribution is -2.19. The molecule has 2 atom stereocenters. The van der Waals surface area contributed by atoms with Gasteiger partial charge in [0.1, 0.15) is 0 Å². The van der Waals surface area contributed by atoms with Crippen LogP contribution in [0, 0.1) is 5.92 Å². The topological polar surface area (TPSA) is 37.3 Å². The molecule has 1 aliphatic rings. The molecule has 1 N–H and O–H groups in total. The molecule has 1 aromatic rings. The fourth-order valence-electron chi connectivity index (χ4n) is 2.02. The molecule has 1 aromatic carbocycles. The van der Waals surface area contributed by atoms with Gasteiger partial charge in [-0.15, -0.1) is 11.8 Å². The molecule has 0 radical (unpaired) electrons. The molecular formula is C12H14O2S. The molecule has 2 nitrogen and oxygen atoms in total. The van der Waals surface area contributed by atoms with Crippen molar-refractivity contribution in [3.05, 3.63) is 30.3 Å². The van der Waals surface area contributed by atoms with E-state index in [-0.39, 0.29) is 11.2 Å². The molecule has 0 saturated heterocycles. The largest absolute Gasteiger partial charge is 0.481 e.